The predicted octanol–water partition coefficient (Wildman–Crippen LogP) is 1.49. The standard InChI is InChI=1S/C11H17NO3/c1-4-5-6-7-10(2)11(14)12(3)8-15-9-13/h5-7,9H,4,8H2,1-3H3/b6-5-,10-7+. The van der Waals surface area contributed by atoms with Crippen molar-refractivity contribution in [2.24, 2.45) is 0 Å². The first-order chi connectivity index (χ1) is 7.13. The van der Waals surface area contributed by atoms with Crippen LogP contribution in [-0.2, 0) is 14.3 Å². The van der Waals surface area contributed by atoms with Crippen LogP contribution >= 0.6 is 0 Å². The molecule has 84 valence electrons. The lowest BCUT2D eigenvalue weighted by Crippen LogP contribution is -2.29. The van der Waals surface area contributed by atoms with Crippen molar-refractivity contribution in [3.63, 3.8) is 0 Å². The Morgan fingerprint density at radius 2 is 2.13 bits per heavy atom. The molecule has 0 aromatic rings. The number of carbonyl (C=O) groups is 2. The summed E-state index contributed by atoms with van der Waals surface area (Å²) in [5.41, 5.74) is 0.608. The van der Waals surface area contributed by atoms with Crippen molar-refractivity contribution in [3.8, 4) is 0 Å². The van der Waals surface area contributed by atoms with Crippen molar-refractivity contribution in [1.82, 2.24) is 4.90 Å². The molecule has 0 N–H and O–H groups in total. The lowest BCUT2D eigenvalue weighted by molar-refractivity contribution is -0.139. The fourth-order valence-electron chi connectivity index (χ4n) is 0.922. The minimum Gasteiger partial charge on any atom is -0.446 e. The van der Waals surface area contributed by atoms with Crippen molar-refractivity contribution in [2.45, 2.75) is 20.3 Å². The summed E-state index contributed by atoms with van der Waals surface area (Å²) in [6.45, 7) is 4.04. The Morgan fingerprint density at radius 3 is 2.67 bits per heavy atom. The molecule has 15 heavy (non-hydrogen) atoms. The summed E-state index contributed by atoms with van der Waals surface area (Å²) in [5.74, 6) is -0.155. The third-order valence-corrected chi connectivity index (χ3v) is 1.74. The highest BCUT2D eigenvalue weighted by Crippen LogP contribution is 1.99. The minimum absolute atomic E-state index is 0.0228. The van der Waals surface area contributed by atoms with Crippen LogP contribution in [0.4, 0.5) is 0 Å². The van der Waals surface area contributed by atoms with E-state index in [1.165, 1.54) is 4.90 Å². The summed E-state index contributed by atoms with van der Waals surface area (Å²) in [7, 11) is 1.58. The molecule has 0 aromatic carbocycles. The zero-order chi connectivity index (χ0) is 11.7. The van der Waals surface area contributed by atoms with Crippen LogP contribution in [0.15, 0.2) is 23.8 Å². The molecule has 4 nitrogen and oxygen atoms in total. The van der Waals surface area contributed by atoms with Gasteiger partial charge in [-0.2, -0.15) is 0 Å². The van der Waals surface area contributed by atoms with Gasteiger partial charge in [-0.25, -0.2) is 0 Å². The smallest absolute Gasteiger partial charge is 0.294 e. The van der Waals surface area contributed by atoms with Gasteiger partial charge in [-0.05, 0) is 13.3 Å². The zero-order valence-electron chi connectivity index (χ0n) is 9.40. The highest BCUT2D eigenvalue weighted by molar-refractivity contribution is 5.92. The molecule has 0 bridgehead atoms. The van der Waals surface area contributed by atoms with Crippen LogP contribution in [0, 0.1) is 0 Å². The van der Waals surface area contributed by atoms with Gasteiger partial charge < -0.3 is 9.64 Å². The number of rotatable bonds is 6. The lowest BCUT2D eigenvalue weighted by Gasteiger charge is -2.15. The molecule has 1 amide bonds. The molecular weight excluding hydrogens is 194 g/mol. The topological polar surface area (TPSA) is 46.6 Å². The Balaban J connectivity index is 4.23. The van der Waals surface area contributed by atoms with Gasteiger partial charge in [-0.1, -0.05) is 25.2 Å². The average Bonchev–Trinajstić information content (AvgIpc) is 2.24. The summed E-state index contributed by atoms with van der Waals surface area (Å²) in [6.07, 6.45) is 6.46. The maximum absolute atomic E-state index is 11.6. The lowest BCUT2D eigenvalue weighted by atomic mass is 10.2. The van der Waals surface area contributed by atoms with Crippen LogP contribution in [-0.4, -0.2) is 31.1 Å². The van der Waals surface area contributed by atoms with Crippen molar-refractivity contribution in [3.05, 3.63) is 23.8 Å². The number of amides is 1. The molecule has 0 aliphatic heterocycles. The molecule has 0 radical (unpaired) electrons. The average molecular weight is 211 g/mol. The van der Waals surface area contributed by atoms with Crippen LogP contribution in [0.2, 0.25) is 0 Å². The number of allylic oxidation sites excluding steroid dienone is 3. The molecule has 0 atom stereocenters. The van der Waals surface area contributed by atoms with Crippen molar-refractivity contribution >= 4 is 12.4 Å². The molecule has 0 aliphatic rings. The Bertz CT molecular complexity index is 269. The molecule has 0 saturated carbocycles. The first-order valence-corrected chi connectivity index (χ1v) is 4.77. The second kappa shape index (κ2) is 7.79. The van der Waals surface area contributed by atoms with E-state index in [0.29, 0.717) is 12.0 Å². The Morgan fingerprint density at radius 1 is 1.47 bits per heavy atom. The molecule has 0 aliphatic carbocycles. The molecule has 4 heteroatoms. The molecule has 0 fully saturated rings. The minimum atomic E-state index is -0.155. The number of ether oxygens (including phenoxy) is 1. The second-order valence-electron chi connectivity index (χ2n) is 3.08. The Kier molecular flexibility index (Phi) is 6.97. The summed E-state index contributed by atoms with van der Waals surface area (Å²) in [6, 6.07) is 0. The third kappa shape index (κ3) is 5.67. The Labute approximate surface area is 90.2 Å². The van der Waals surface area contributed by atoms with E-state index in [9.17, 15) is 9.59 Å². The largest absolute Gasteiger partial charge is 0.446 e. The number of hydrogen-bond acceptors (Lipinski definition) is 3. The molecule has 0 rings (SSSR count). The third-order valence-electron chi connectivity index (χ3n) is 1.74. The van der Waals surface area contributed by atoms with Gasteiger partial charge in [-0.15, -0.1) is 0 Å². The van der Waals surface area contributed by atoms with Gasteiger partial charge in [-0.3, -0.25) is 9.59 Å². The van der Waals surface area contributed by atoms with Crippen molar-refractivity contribution in [2.75, 3.05) is 13.8 Å². The van der Waals surface area contributed by atoms with E-state index in [1.807, 2.05) is 19.1 Å². The quantitative estimate of drug-likeness (QED) is 0.289. The van der Waals surface area contributed by atoms with Crippen LogP contribution in [0.3, 0.4) is 0 Å². The van der Waals surface area contributed by atoms with Gasteiger partial charge in [0.15, 0.2) is 6.73 Å². The van der Waals surface area contributed by atoms with Gasteiger partial charge in [0.25, 0.3) is 12.4 Å². The zero-order valence-corrected chi connectivity index (χ0v) is 9.40. The van der Waals surface area contributed by atoms with Crippen molar-refractivity contribution in [1.29, 1.82) is 0 Å². The fraction of sp³-hybridized carbons (Fsp3) is 0.455. The summed E-state index contributed by atoms with van der Waals surface area (Å²) >= 11 is 0. The first-order valence-electron chi connectivity index (χ1n) is 4.77. The van der Waals surface area contributed by atoms with Crippen LogP contribution in [0.5, 0.6) is 0 Å². The van der Waals surface area contributed by atoms with Crippen molar-refractivity contribution < 1.29 is 14.3 Å². The van der Waals surface area contributed by atoms with Crippen LogP contribution < -0.4 is 0 Å². The molecule has 0 heterocycles. The highest BCUT2D eigenvalue weighted by Gasteiger charge is 2.09. The van der Waals surface area contributed by atoms with E-state index in [-0.39, 0.29) is 12.6 Å². The first kappa shape index (κ1) is 13.4. The SMILES string of the molecule is CC/C=C\C=C(/C)C(=O)N(C)COC=O. The number of nitrogens with zero attached hydrogens (tertiary/aromatic N) is 1. The maximum atomic E-state index is 11.6. The van der Waals surface area contributed by atoms with E-state index in [4.69, 9.17) is 0 Å². The molecule has 0 aromatic heterocycles. The number of carbonyl (C=O) groups excluding carboxylic acids is 2. The summed E-state index contributed by atoms with van der Waals surface area (Å²) in [5, 5.41) is 0. The van der Waals surface area contributed by atoms with E-state index < -0.39 is 0 Å². The van der Waals surface area contributed by atoms with Crippen LogP contribution in [0.25, 0.3) is 0 Å². The predicted molar refractivity (Wildman–Crippen MR) is 58.0 cm³/mol. The van der Waals surface area contributed by atoms with E-state index in [2.05, 4.69) is 4.74 Å². The number of likely N-dealkylation sites (N-methyl/N-ethyl adjacent to an activating group) is 1. The van der Waals surface area contributed by atoms with E-state index >= 15 is 0 Å². The monoisotopic (exact) mass is 211 g/mol. The Hall–Kier alpha value is -1.58. The van der Waals surface area contributed by atoms with E-state index in [0.717, 1.165) is 6.42 Å². The molecular formula is C11H17NO3. The number of hydrogen-bond donors (Lipinski definition) is 0. The second-order valence-corrected chi connectivity index (χ2v) is 3.08. The van der Waals surface area contributed by atoms with Gasteiger partial charge in [0.1, 0.15) is 0 Å². The fourth-order valence-corrected chi connectivity index (χ4v) is 0.922. The summed E-state index contributed by atoms with van der Waals surface area (Å²) in [4.78, 5) is 22.8. The van der Waals surface area contributed by atoms with Gasteiger partial charge >= 0.3 is 0 Å². The van der Waals surface area contributed by atoms with E-state index in [1.54, 1.807) is 20.0 Å². The van der Waals surface area contributed by atoms with Gasteiger partial charge in [0.2, 0.25) is 0 Å². The normalized spacial score (nSPS) is 11.5. The molecule has 0 unspecified atom stereocenters. The highest BCUT2D eigenvalue weighted by atomic mass is 16.5. The maximum Gasteiger partial charge on any atom is 0.294 e. The van der Waals surface area contributed by atoms with Gasteiger partial charge in [0.05, 0.1) is 0 Å². The van der Waals surface area contributed by atoms with Crippen LogP contribution in [0.1, 0.15) is 20.3 Å². The van der Waals surface area contributed by atoms with Gasteiger partial charge in [0, 0.05) is 12.6 Å². The summed E-state index contributed by atoms with van der Waals surface area (Å²) < 4.78 is 4.47. The molecule has 0 saturated heterocycles. The molecule has 0 spiro atoms.